The SMILES string of the molecule is CC(C)(C)OC(=O)N1CCO[C@@H](C(=O)NCCCc2ccccn2)C1. The molecule has 25 heavy (non-hydrogen) atoms. The number of morpholine rings is 1. The molecule has 0 bridgehead atoms. The van der Waals surface area contributed by atoms with Crippen molar-refractivity contribution in [3.8, 4) is 0 Å². The van der Waals surface area contributed by atoms with Crippen molar-refractivity contribution < 1.29 is 19.1 Å². The van der Waals surface area contributed by atoms with E-state index >= 15 is 0 Å². The van der Waals surface area contributed by atoms with Crippen LogP contribution in [0.15, 0.2) is 24.4 Å². The van der Waals surface area contributed by atoms with Crippen LogP contribution in [0.5, 0.6) is 0 Å². The van der Waals surface area contributed by atoms with Gasteiger partial charge in [-0.1, -0.05) is 6.07 Å². The molecule has 0 aromatic carbocycles. The molecular formula is C18H27N3O4. The molecule has 1 aliphatic rings. The third-order valence-corrected chi connectivity index (χ3v) is 3.65. The summed E-state index contributed by atoms with van der Waals surface area (Å²) in [5.74, 6) is -0.200. The van der Waals surface area contributed by atoms with E-state index in [1.807, 2.05) is 39.0 Å². The lowest BCUT2D eigenvalue weighted by molar-refractivity contribution is -0.137. The van der Waals surface area contributed by atoms with Crippen LogP contribution in [0, 0.1) is 0 Å². The van der Waals surface area contributed by atoms with Gasteiger partial charge in [0.2, 0.25) is 0 Å². The van der Waals surface area contributed by atoms with Crippen molar-refractivity contribution >= 4 is 12.0 Å². The largest absolute Gasteiger partial charge is 0.444 e. The van der Waals surface area contributed by atoms with Gasteiger partial charge in [0.1, 0.15) is 5.60 Å². The Morgan fingerprint density at radius 3 is 2.88 bits per heavy atom. The average molecular weight is 349 g/mol. The summed E-state index contributed by atoms with van der Waals surface area (Å²) in [4.78, 5) is 30.1. The van der Waals surface area contributed by atoms with Gasteiger partial charge in [0, 0.05) is 25.0 Å². The summed E-state index contributed by atoms with van der Waals surface area (Å²) in [6.07, 6.45) is 2.29. The van der Waals surface area contributed by atoms with E-state index in [-0.39, 0.29) is 12.5 Å². The van der Waals surface area contributed by atoms with Gasteiger partial charge in [0.15, 0.2) is 6.10 Å². The number of hydrogen-bond donors (Lipinski definition) is 1. The summed E-state index contributed by atoms with van der Waals surface area (Å²) in [5.41, 5.74) is 0.445. The molecule has 2 rings (SSSR count). The van der Waals surface area contributed by atoms with Crippen LogP contribution >= 0.6 is 0 Å². The number of hydrogen-bond acceptors (Lipinski definition) is 5. The molecule has 0 aliphatic carbocycles. The molecule has 0 radical (unpaired) electrons. The Balaban J connectivity index is 1.72. The predicted molar refractivity (Wildman–Crippen MR) is 93.1 cm³/mol. The Kier molecular flexibility index (Phi) is 6.75. The summed E-state index contributed by atoms with van der Waals surface area (Å²) in [6.45, 7) is 6.96. The van der Waals surface area contributed by atoms with Gasteiger partial charge in [-0.15, -0.1) is 0 Å². The quantitative estimate of drug-likeness (QED) is 0.820. The molecule has 0 spiro atoms. The summed E-state index contributed by atoms with van der Waals surface area (Å²) in [6, 6.07) is 5.79. The van der Waals surface area contributed by atoms with Crippen molar-refractivity contribution in [2.24, 2.45) is 0 Å². The number of nitrogens with one attached hydrogen (secondary N) is 1. The molecule has 138 valence electrons. The summed E-state index contributed by atoms with van der Waals surface area (Å²) in [7, 11) is 0. The van der Waals surface area contributed by atoms with Crippen LogP contribution < -0.4 is 5.32 Å². The van der Waals surface area contributed by atoms with Crippen LogP contribution in [0.3, 0.4) is 0 Å². The highest BCUT2D eigenvalue weighted by atomic mass is 16.6. The van der Waals surface area contributed by atoms with Crippen molar-refractivity contribution in [2.75, 3.05) is 26.2 Å². The highest BCUT2D eigenvalue weighted by Gasteiger charge is 2.31. The third-order valence-electron chi connectivity index (χ3n) is 3.65. The van der Waals surface area contributed by atoms with Gasteiger partial charge in [0.25, 0.3) is 5.91 Å². The fraction of sp³-hybridized carbons (Fsp3) is 0.611. The van der Waals surface area contributed by atoms with Crippen molar-refractivity contribution in [2.45, 2.75) is 45.3 Å². The second-order valence-corrected chi connectivity index (χ2v) is 7.00. The zero-order valence-corrected chi connectivity index (χ0v) is 15.2. The van der Waals surface area contributed by atoms with E-state index in [4.69, 9.17) is 9.47 Å². The number of ether oxygens (including phenoxy) is 2. The van der Waals surface area contributed by atoms with E-state index in [9.17, 15) is 9.59 Å². The van der Waals surface area contributed by atoms with Crippen LogP contribution in [0.25, 0.3) is 0 Å². The first-order valence-corrected chi connectivity index (χ1v) is 8.62. The van der Waals surface area contributed by atoms with E-state index < -0.39 is 17.8 Å². The number of amides is 2. The fourth-order valence-corrected chi connectivity index (χ4v) is 2.44. The monoisotopic (exact) mass is 349 g/mol. The van der Waals surface area contributed by atoms with Gasteiger partial charge >= 0.3 is 6.09 Å². The van der Waals surface area contributed by atoms with E-state index in [0.29, 0.717) is 19.7 Å². The molecule has 1 N–H and O–H groups in total. The van der Waals surface area contributed by atoms with Gasteiger partial charge in [-0.05, 0) is 45.7 Å². The Hall–Kier alpha value is -2.15. The molecule has 1 aliphatic heterocycles. The van der Waals surface area contributed by atoms with Gasteiger partial charge in [-0.25, -0.2) is 4.79 Å². The zero-order chi connectivity index (χ0) is 18.3. The molecule has 2 amide bonds. The molecular weight excluding hydrogens is 322 g/mol. The van der Waals surface area contributed by atoms with Crippen LogP contribution in [0.2, 0.25) is 0 Å². The number of nitrogens with zero attached hydrogens (tertiary/aromatic N) is 2. The maximum absolute atomic E-state index is 12.2. The minimum absolute atomic E-state index is 0.200. The maximum atomic E-state index is 12.2. The van der Waals surface area contributed by atoms with Gasteiger partial charge in [-0.3, -0.25) is 9.78 Å². The van der Waals surface area contributed by atoms with Crippen molar-refractivity contribution in [3.63, 3.8) is 0 Å². The van der Waals surface area contributed by atoms with E-state index in [1.54, 1.807) is 6.20 Å². The molecule has 2 heterocycles. The fourth-order valence-electron chi connectivity index (χ4n) is 2.44. The summed E-state index contributed by atoms with van der Waals surface area (Å²) in [5, 5.41) is 2.86. The Labute approximate surface area is 148 Å². The Morgan fingerprint density at radius 2 is 2.20 bits per heavy atom. The first-order chi connectivity index (χ1) is 11.8. The maximum Gasteiger partial charge on any atom is 0.410 e. The van der Waals surface area contributed by atoms with Gasteiger partial charge in [0.05, 0.1) is 13.2 Å². The zero-order valence-electron chi connectivity index (χ0n) is 15.2. The normalized spacial score (nSPS) is 17.9. The molecule has 1 atom stereocenters. The third kappa shape index (κ3) is 6.70. The second-order valence-electron chi connectivity index (χ2n) is 7.00. The highest BCUT2D eigenvalue weighted by Crippen LogP contribution is 2.13. The standard InChI is InChI=1S/C18H27N3O4/c1-18(2,3)25-17(23)21-11-12-24-15(13-21)16(22)20-10-6-8-14-7-4-5-9-19-14/h4-5,7,9,15H,6,8,10-13H2,1-3H3,(H,20,22)/t15-/m1/s1. The summed E-state index contributed by atoms with van der Waals surface area (Å²) >= 11 is 0. The van der Waals surface area contributed by atoms with Gasteiger partial charge < -0.3 is 19.7 Å². The number of rotatable bonds is 5. The number of aryl methyl sites for hydroxylation is 1. The first kappa shape index (κ1) is 19.2. The number of pyridine rings is 1. The van der Waals surface area contributed by atoms with E-state index in [0.717, 1.165) is 18.5 Å². The van der Waals surface area contributed by atoms with Crippen molar-refractivity contribution in [1.82, 2.24) is 15.2 Å². The lowest BCUT2D eigenvalue weighted by Crippen LogP contribution is -2.52. The van der Waals surface area contributed by atoms with E-state index in [2.05, 4.69) is 10.3 Å². The molecule has 0 unspecified atom stereocenters. The van der Waals surface area contributed by atoms with E-state index in [1.165, 1.54) is 4.90 Å². The first-order valence-electron chi connectivity index (χ1n) is 8.62. The van der Waals surface area contributed by atoms with Crippen LogP contribution in [0.4, 0.5) is 4.79 Å². The highest BCUT2D eigenvalue weighted by molar-refractivity contribution is 5.82. The minimum Gasteiger partial charge on any atom is -0.444 e. The molecule has 0 saturated carbocycles. The average Bonchev–Trinajstić information content (AvgIpc) is 2.58. The molecule has 7 heteroatoms. The van der Waals surface area contributed by atoms with Crippen LogP contribution in [-0.2, 0) is 20.7 Å². The Morgan fingerprint density at radius 1 is 1.40 bits per heavy atom. The topological polar surface area (TPSA) is 80.8 Å². The van der Waals surface area contributed by atoms with Crippen LogP contribution in [-0.4, -0.2) is 59.8 Å². The molecule has 1 aromatic rings. The summed E-state index contributed by atoms with van der Waals surface area (Å²) < 4.78 is 10.8. The molecule has 7 nitrogen and oxygen atoms in total. The Bertz CT molecular complexity index is 571. The number of carbonyl (C=O) groups is 2. The van der Waals surface area contributed by atoms with Gasteiger partial charge in [-0.2, -0.15) is 0 Å². The minimum atomic E-state index is -0.656. The number of aromatic nitrogens is 1. The van der Waals surface area contributed by atoms with Crippen LogP contribution in [0.1, 0.15) is 32.9 Å². The number of carbonyl (C=O) groups excluding carboxylic acids is 2. The molecule has 1 fully saturated rings. The molecule has 1 saturated heterocycles. The van der Waals surface area contributed by atoms with Crippen molar-refractivity contribution in [3.05, 3.63) is 30.1 Å². The van der Waals surface area contributed by atoms with Crippen molar-refractivity contribution in [1.29, 1.82) is 0 Å². The predicted octanol–water partition coefficient (Wildman–Crippen LogP) is 1.77. The molecule has 1 aromatic heterocycles. The smallest absolute Gasteiger partial charge is 0.410 e. The lowest BCUT2D eigenvalue weighted by atomic mass is 10.2. The lowest BCUT2D eigenvalue weighted by Gasteiger charge is -2.33. The second kappa shape index (κ2) is 8.80.